The van der Waals surface area contributed by atoms with Gasteiger partial charge in [0.1, 0.15) is 5.82 Å². The third kappa shape index (κ3) is 7.03. The van der Waals surface area contributed by atoms with Gasteiger partial charge in [-0.15, -0.1) is 0 Å². The second kappa shape index (κ2) is 11.3. The molecule has 178 valence electrons. The van der Waals surface area contributed by atoms with Crippen molar-refractivity contribution in [3.63, 3.8) is 0 Å². The van der Waals surface area contributed by atoms with E-state index in [-0.39, 0.29) is 29.5 Å². The van der Waals surface area contributed by atoms with E-state index in [2.05, 4.69) is 18.7 Å². The number of rotatable bonds is 5. The molecule has 5 nitrogen and oxygen atoms in total. The topological polar surface area (TPSA) is 43.9 Å². The average Bonchev–Trinajstić information content (AvgIpc) is 3.53. The largest absolute Gasteiger partial charge is 0.338 e. The lowest BCUT2D eigenvalue weighted by Crippen LogP contribution is -2.40. The molecule has 0 radical (unpaired) electrons. The molecule has 0 atom stereocenters. The molecule has 0 aromatic heterocycles. The number of amides is 2. The Morgan fingerprint density at radius 3 is 2.31 bits per heavy atom. The maximum atomic E-state index is 14.3. The van der Waals surface area contributed by atoms with Crippen molar-refractivity contribution in [3.05, 3.63) is 29.6 Å². The molecule has 1 aromatic rings. The first-order chi connectivity index (χ1) is 15.2. The molecule has 1 aliphatic carbocycles. The minimum absolute atomic E-state index is 0.0698. The van der Waals surface area contributed by atoms with E-state index < -0.39 is 0 Å². The van der Waals surface area contributed by atoms with E-state index in [0.717, 1.165) is 56.6 Å². The first-order valence-corrected chi connectivity index (χ1v) is 12.3. The fraction of sp³-hybridized carbons (Fsp3) is 0.692. The van der Waals surface area contributed by atoms with E-state index in [1.54, 1.807) is 6.07 Å². The van der Waals surface area contributed by atoms with Crippen LogP contribution in [0.1, 0.15) is 65.4 Å². The average molecular weight is 446 g/mol. The molecule has 0 unspecified atom stereocenters. The van der Waals surface area contributed by atoms with E-state index in [9.17, 15) is 14.0 Å². The third-order valence-electron chi connectivity index (χ3n) is 6.20. The molecule has 0 bridgehead atoms. The summed E-state index contributed by atoms with van der Waals surface area (Å²) >= 11 is 0. The summed E-state index contributed by atoms with van der Waals surface area (Å²) in [5, 5.41) is 0. The lowest BCUT2D eigenvalue weighted by Gasteiger charge is -2.32. The van der Waals surface area contributed by atoms with Gasteiger partial charge in [0.05, 0.1) is 0 Å². The van der Waals surface area contributed by atoms with Gasteiger partial charge in [0.25, 0.3) is 0 Å². The molecule has 1 fully saturated rings. The molecular formula is C26H40FN3O2. The van der Waals surface area contributed by atoms with E-state index in [1.807, 2.05) is 23.6 Å². The van der Waals surface area contributed by atoms with E-state index in [1.165, 1.54) is 12.1 Å². The number of halogens is 1. The summed E-state index contributed by atoms with van der Waals surface area (Å²) in [6.07, 6.45) is 4.13. The highest BCUT2D eigenvalue weighted by atomic mass is 19.1. The van der Waals surface area contributed by atoms with Crippen LogP contribution in [0.2, 0.25) is 0 Å². The molecule has 1 aliphatic heterocycles. The van der Waals surface area contributed by atoms with Crippen molar-refractivity contribution in [2.24, 2.45) is 17.8 Å². The second-order valence-electron chi connectivity index (χ2n) is 10.4. The molecule has 2 aliphatic rings. The fourth-order valence-corrected chi connectivity index (χ4v) is 4.59. The summed E-state index contributed by atoms with van der Waals surface area (Å²) in [5.74, 6) is 0.847. The normalized spacial score (nSPS) is 19.0. The fourth-order valence-electron chi connectivity index (χ4n) is 4.59. The Balaban J connectivity index is 1.93. The molecular weight excluding hydrogens is 405 g/mol. The van der Waals surface area contributed by atoms with Crippen LogP contribution in [0.5, 0.6) is 0 Å². The molecule has 32 heavy (non-hydrogen) atoms. The van der Waals surface area contributed by atoms with Crippen LogP contribution in [0.25, 0.3) is 0 Å². The highest BCUT2D eigenvalue weighted by Gasteiger charge is 2.34. The van der Waals surface area contributed by atoms with Gasteiger partial charge in [-0.25, -0.2) is 4.39 Å². The standard InChI is InChI=1S/C26H40FN3O2/c1-19(2)15-25(31)30-14-6-12-28(17-20(3)4)11-5-13-29(26(32)21-7-8-21)18-22-16-23(27)9-10-24(22)30/h9-10,16,19-21H,5-8,11-15,17-18H2,1-4H3. The van der Waals surface area contributed by atoms with Crippen molar-refractivity contribution in [3.8, 4) is 0 Å². The summed E-state index contributed by atoms with van der Waals surface area (Å²) in [5.41, 5.74) is 1.48. The predicted molar refractivity (Wildman–Crippen MR) is 127 cm³/mol. The minimum Gasteiger partial charge on any atom is -0.338 e. The van der Waals surface area contributed by atoms with Crippen LogP contribution >= 0.6 is 0 Å². The van der Waals surface area contributed by atoms with Crippen LogP contribution in [0.3, 0.4) is 0 Å². The Labute approximate surface area is 192 Å². The van der Waals surface area contributed by atoms with Crippen LogP contribution < -0.4 is 4.90 Å². The lowest BCUT2D eigenvalue weighted by atomic mass is 10.1. The number of fused-ring (bicyclic) bond motifs is 1. The Bertz CT molecular complexity index is 791. The summed E-state index contributed by atoms with van der Waals surface area (Å²) in [7, 11) is 0. The summed E-state index contributed by atoms with van der Waals surface area (Å²) < 4.78 is 14.3. The molecule has 0 saturated heterocycles. The van der Waals surface area contributed by atoms with Crippen LogP contribution in [0.4, 0.5) is 10.1 Å². The second-order valence-corrected chi connectivity index (χ2v) is 10.4. The van der Waals surface area contributed by atoms with Crippen molar-refractivity contribution in [2.75, 3.05) is 37.6 Å². The van der Waals surface area contributed by atoms with Crippen molar-refractivity contribution in [1.82, 2.24) is 9.80 Å². The van der Waals surface area contributed by atoms with Gasteiger partial charge in [-0.2, -0.15) is 0 Å². The van der Waals surface area contributed by atoms with Crippen molar-refractivity contribution >= 4 is 17.5 Å². The smallest absolute Gasteiger partial charge is 0.227 e. The molecule has 1 saturated carbocycles. The molecule has 1 aromatic carbocycles. The van der Waals surface area contributed by atoms with Gasteiger partial charge in [0.2, 0.25) is 11.8 Å². The Morgan fingerprint density at radius 2 is 1.69 bits per heavy atom. The van der Waals surface area contributed by atoms with Gasteiger partial charge in [0.15, 0.2) is 0 Å². The molecule has 2 amide bonds. The highest BCUT2D eigenvalue weighted by molar-refractivity contribution is 5.94. The summed E-state index contributed by atoms with van der Waals surface area (Å²) in [6.45, 7) is 13.0. The summed E-state index contributed by atoms with van der Waals surface area (Å²) in [4.78, 5) is 32.4. The maximum absolute atomic E-state index is 14.3. The van der Waals surface area contributed by atoms with Crippen LogP contribution in [0, 0.1) is 23.6 Å². The number of carbonyl (C=O) groups is 2. The number of carbonyl (C=O) groups excluding carboxylic acids is 2. The van der Waals surface area contributed by atoms with Crippen LogP contribution in [-0.4, -0.2) is 54.3 Å². The third-order valence-corrected chi connectivity index (χ3v) is 6.20. The molecule has 0 N–H and O–H groups in total. The SMILES string of the molecule is CC(C)CC(=O)N1CCCN(CC(C)C)CCCN(C(=O)C2CC2)Cc2cc(F)ccc21. The monoisotopic (exact) mass is 445 g/mol. The quantitative estimate of drug-likeness (QED) is 0.660. The highest BCUT2D eigenvalue weighted by Crippen LogP contribution is 2.33. The Hall–Kier alpha value is -1.95. The van der Waals surface area contributed by atoms with E-state index in [0.29, 0.717) is 32.0 Å². The zero-order valence-electron chi connectivity index (χ0n) is 20.3. The van der Waals surface area contributed by atoms with Crippen LogP contribution in [-0.2, 0) is 16.1 Å². The number of nitrogens with zero attached hydrogens (tertiary/aromatic N) is 3. The van der Waals surface area contributed by atoms with Crippen molar-refractivity contribution in [1.29, 1.82) is 0 Å². The maximum Gasteiger partial charge on any atom is 0.227 e. The Kier molecular flexibility index (Phi) is 8.69. The first-order valence-electron chi connectivity index (χ1n) is 12.3. The van der Waals surface area contributed by atoms with E-state index >= 15 is 0 Å². The molecule has 3 rings (SSSR count). The lowest BCUT2D eigenvalue weighted by molar-refractivity contribution is -0.133. The van der Waals surface area contributed by atoms with Gasteiger partial charge in [-0.1, -0.05) is 27.7 Å². The molecule has 1 heterocycles. The van der Waals surface area contributed by atoms with Gasteiger partial charge in [-0.3, -0.25) is 9.59 Å². The van der Waals surface area contributed by atoms with Gasteiger partial charge >= 0.3 is 0 Å². The van der Waals surface area contributed by atoms with Crippen LogP contribution in [0.15, 0.2) is 18.2 Å². The Morgan fingerprint density at radius 1 is 1.00 bits per heavy atom. The predicted octanol–water partition coefficient (Wildman–Crippen LogP) is 4.70. The van der Waals surface area contributed by atoms with Crippen molar-refractivity contribution in [2.45, 2.75) is 66.3 Å². The number of benzene rings is 1. The van der Waals surface area contributed by atoms with Gasteiger partial charge in [0, 0.05) is 44.2 Å². The number of hydrogen-bond donors (Lipinski definition) is 0. The van der Waals surface area contributed by atoms with Gasteiger partial charge in [-0.05, 0) is 74.4 Å². The zero-order chi connectivity index (χ0) is 23.3. The van der Waals surface area contributed by atoms with Crippen molar-refractivity contribution < 1.29 is 14.0 Å². The summed E-state index contributed by atoms with van der Waals surface area (Å²) in [6, 6.07) is 4.66. The molecule has 6 heteroatoms. The number of anilines is 1. The zero-order valence-corrected chi connectivity index (χ0v) is 20.3. The minimum atomic E-state index is -0.325. The van der Waals surface area contributed by atoms with E-state index in [4.69, 9.17) is 0 Å². The van der Waals surface area contributed by atoms with Gasteiger partial charge < -0.3 is 14.7 Å². The number of hydrogen-bond acceptors (Lipinski definition) is 3. The molecule has 0 spiro atoms. The first kappa shape index (κ1) is 24.7.